The number of aryl methyl sites for hydroxylation is 3. The molecule has 0 saturated carbocycles. The van der Waals surface area contributed by atoms with Gasteiger partial charge in [-0.05, 0) is 19.1 Å². The molecule has 1 amide bonds. The van der Waals surface area contributed by atoms with Crippen LogP contribution in [0, 0.1) is 12.7 Å². The van der Waals surface area contributed by atoms with Gasteiger partial charge in [-0.25, -0.2) is 0 Å². The zero-order valence-electron chi connectivity index (χ0n) is 19.2. The van der Waals surface area contributed by atoms with Crippen molar-refractivity contribution in [1.29, 1.82) is 0 Å². The number of alkyl halides is 2. The third kappa shape index (κ3) is 4.38. The van der Waals surface area contributed by atoms with Crippen molar-refractivity contribution in [3.8, 4) is 22.8 Å². The first-order chi connectivity index (χ1) is 16.4. The second-order valence-electron chi connectivity index (χ2n) is 8.38. The molecular formula is C26H25FIN4O2-. The molecule has 1 N–H and O–H groups in total. The number of benzene rings is 2. The van der Waals surface area contributed by atoms with E-state index in [0.717, 1.165) is 25.5 Å². The summed E-state index contributed by atoms with van der Waals surface area (Å²) in [6.07, 6.45) is 2.19. The summed E-state index contributed by atoms with van der Waals surface area (Å²) in [7, 11) is 1.90. The molecule has 34 heavy (non-hydrogen) atoms. The third-order valence-electron chi connectivity index (χ3n) is 5.98. The molecule has 3 heterocycles. The van der Waals surface area contributed by atoms with E-state index in [1.807, 2.05) is 49.8 Å². The quantitative estimate of drug-likeness (QED) is 0.283. The number of hydrogen-bond donors (Lipinski definition) is 1. The van der Waals surface area contributed by atoms with Gasteiger partial charge in [0.2, 0.25) is 0 Å². The van der Waals surface area contributed by atoms with E-state index in [1.165, 1.54) is 6.07 Å². The molecule has 2 aromatic heterocycles. The third-order valence-corrected chi connectivity index (χ3v) is 9.35. The molecule has 1 aliphatic rings. The molecule has 0 unspecified atom stereocenters. The maximum atomic E-state index is 15.1. The number of fused-ring (bicyclic) bond motifs is 1. The van der Waals surface area contributed by atoms with Crippen LogP contribution in [0.5, 0.6) is 11.5 Å². The van der Waals surface area contributed by atoms with E-state index in [0.29, 0.717) is 34.7 Å². The Kier molecular flexibility index (Phi) is 6.24. The van der Waals surface area contributed by atoms with Crippen LogP contribution in [0.1, 0.15) is 28.5 Å². The number of halogens is 2. The van der Waals surface area contributed by atoms with Crippen molar-refractivity contribution in [2.45, 2.75) is 26.3 Å². The first-order valence-corrected chi connectivity index (χ1v) is 14.2. The number of hydrogen-bond acceptors (Lipinski definition) is 4. The zero-order chi connectivity index (χ0) is 23.8. The Morgan fingerprint density at radius 3 is 2.74 bits per heavy atom. The second-order valence-corrected chi connectivity index (χ2v) is 11.2. The fourth-order valence-corrected chi connectivity index (χ4v) is 5.83. The van der Waals surface area contributed by atoms with Gasteiger partial charge < -0.3 is 0 Å². The minimum atomic E-state index is -0.522. The van der Waals surface area contributed by atoms with Crippen LogP contribution in [0.4, 0.5) is 4.39 Å². The fraction of sp³-hybridized carbons (Fsp3) is 0.269. The average Bonchev–Trinajstić information content (AvgIpc) is 3.08. The van der Waals surface area contributed by atoms with Gasteiger partial charge in [-0.15, -0.1) is 0 Å². The Labute approximate surface area is 207 Å². The summed E-state index contributed by atoms with van der Waals surface area (Å²) in [4.78, 5) is 17.1. The number of aromatic nitrogens is 3. The molecule has 6 nitrogen and oxygen atoms in total. The summed E-state index contributed by atoms with van der Waals surface area (Å²) in [6.45, 7) is 3.90. The molecule has 0 aliphatic carbocycles. The SMILES string of the molecule is CCc1cc(-c2cc(Oc3ccc4c(C)nn(C)c4c3)ccn2)cc(F)c1C(=O)NC1C[I-]C1. The zero-order valence-corrected chi connectivity index (χ0v) is 21.4. The van der Waals surface area contributed by atoms with Gasteiger partial charge in [-0.3, -0.25) is 4.68 Å². The van der Waals surface area contributed by atoms with E-state index >= 15 is 4.39 Å². The van der Waals surface area contributed by atoms with Gasteiger partial charge >= 0.3 is 144 Å². The molecule has 0 radical (unpaired) electrons. The summed E-state index contributed by atoms with van der Waals surface area (Å²) in [6, 6.07) is 12.8. The van der Waals surface area contributed by atoms with Gasteiger partial charge in [0.25, 0.3) is 0 Å². The van der Waals surface area contributed by atoms with Gasteiger partial charge in [-0.2, -0.15) is 5.10 Å². The van der Waals surface area contributed by atoms with Gasteiger partial charge in [0.05, 0.1) is 11.2 Å². The molecule has 0 atom stereocenters. The predicted molar refractivity (Wildman–Crippen MR) is 126 cm³/mol. The number of nitrogens with one attached hydrogen (secondary N) is 1. The topological polar surface area (TPSA) is 69.0 Å². The molecule has 1 saturated heterocycles. The first kappa shape index (κ1) is 22.8. The van der Waals surface area contributed by atoms with Gasteiger partial charge in [-0.1, -0.05) is 0 Å². The number of carbonyl (C=O) groups excluding carboxylic acids is 1. The van der Waals surface area contributed by atoms with Crippen molar-refractivity contribution in [3.63, 3.8) is 0 Å². The number of carbonyl (C=O) groups is 1. The molecule has 4 aromatic rings. The van der Waals surface area contributed by atoms with E-state index in [2.05, 4.69) is 15.4 Å². The second kappa shape index (κ2) is 9.32. The van der Waals surface area contributed by atoms with Crippen LogP contribution in [0.25, 0.3) is 22.2 Å². The Morgan fingerprint density at radius 2 is 2.00 bits per heavy atom. The normalized spacial score (nSPS) is 13.9. The number of nitrogens with zero attached hydrogens (tertiary/aromatic N) is 3. The van der Waals surface area contributed by atoms with Crippen LogP contribution >= 0.6 is 0 Å². The number of ether oxygens (including phenoxy) is 1. The van der Waals surface area contributed by atoms with Crippen molar-refractivity contribution >= 4 is 16.8 Å². The number of rotatable bonds is 6. The van der Waals surface area contributed by atoms with Gasteiger partial charge in [0, 0.05) is 18.5 Å². The van der Waals surface area contributed by atoms with Crippen molar-refractivity contribution < 1.29 is 35.1 Å². The average molecular weight is 571 g/mol. The summed E-state index contributed by atoms with van der Waals surface area (Å²) < 4.78 is 25.2. The van der Waals surface area contributed by atoms with E-state index in [1.54, 1.807) is 18.3 Å². The van der Waals surface area contributed by atoms with Crippen LogP contribution < -0.4 is 31.3 Å². The molecule has 0 spiro atoms. The van der Waals surface area contributed by atoms with Crippen LogP contribution in [0.15, 0.2) is 48.7 Å². The maximum absolute atomic E-state index is 15.1. The van der Waals surface area contributed by atoms with E-state index in [9.17, 15) is 4.79 Å². The van der Waals surface area contributed by atoms with E-state index < -0.39 is 5.82 Å². The molecule has 1 fully saturated rings. The monoisotopic (exact) mass is 571 g/mol. The Hall–Kier alpha value is -3.01. The Morgan fingerprint density at radius 1 is 1.21 bits per heavy atom. The minimum absolute atomic E-state index is 0.142. The molecule has 0 bridgehead atoms. The first-order valence-electron chi connectivity index (χ1n) is 11.2. The molecular weight excluding hydrogens is 546 g/mol. The fourth-order valence-electron chi connectivity index (χ4n) is 4.15. The van der Waals surface area contributed by atoms with Gasteiger partial charge in [0.1, 0.15) is 5.75 Å². The van der Waals surface area contributed by atoms with Crippen molar-refractivity contribution in [2.75, 3.05) is 8.86 Å². The van der Waals surface area contributed by atoms with Crippen molar-refractivity contribution in [3.05, 3.63) is 71.3 Å². The van der Waals surface area contributed by atoms with Crippen molar-refractivity contribution in [1.82, 2.24) is 20.1 Å². The summed E-state index contributed by atoms with van der Waals surface area (Å²) in [5.41, 5.74) is 3.96. The van der Waals surface area contributed by atoms with Crippen LogP contribution in [0.3, 0.4) is 0 Å². The molecule has 5 rings (SSSR count). The predicted octanol–water partition coefficient (Wildman–Crippen LogP) is 1.64. The summed E-state index contributed by atoms with van der Waals surface area (Å²) >= 11 is 0.228. The number of amides is 1. The van der Waals surface area contributed by atoms with Crippen molar-refractivity contribution in [2.24, 2.45) is 7.05 Å². The Bertz CT molecular complexity index is 1400. The van der Waals surface area contributed by atoms with Crippen LogP contribution in [-0.2, 0) is 13.5 Å². The molecule has 176 valence electrons. The number of pyridine rings is 1. The molecule has 2 aromatic carbocycles. The van der Waals surface area contributed by atoms with Gasteiger partial charge in [0.15, 0.2) is 0 Å². The molecule has 1 aliphatic heterocycles. The van der Waals surface area contributed by atoms with Crippen LogP contribution in [-0.4, -0.2) is 35.6 Å². The van der Waals surface area contributed by atoms with E-state index in [-0.39, 0.29) is 38.7 Å². The Balaban J connectivity index is 1.43. The standard InChI is InChI=1S/C26H25FIN4O2/c1-4-16-9-17(10-22(27)25(16)26(33)30-18-13-28-14-18)23-11-20(7-8-29-23)34-19-5-6-21-15(2)31-32(3)24(21)12-19/h5-12,18H,4,13-14H2,1-3H3,(H,30,33)/q-1. The molecule has 8 heteroatoms. The van der Waals surface area contributed by atoms with E-state index in [4.69, 9.17) is 4.74 Å². The summed E-state index contributed by atoms with van der Waals surface area (Å²) in [5, 5.41) is 8.50. The van der Waals surface area contributed by atoms with Crippen LogP contribution in [0.2, 0.25) is 0 Å². The summed E-state index contributed by atoms with van der Waals surface area (Å²) in [5.74, 6) is 0.432.